The average Bonchev–Trinajstić information content (AvgIpc) is 3.08. The summed E-state index contributed by atoms with van der Waals surface area (Å²) in [6.07, 6.45) is 3.15. The quantitative estimate of drug-likeness (QED) is 0.525. The van der Waals surface area contributed by atoms with Crippen LogP contribution in [0.15, 0.2) is 57.8 Å². The number of anilines is 2. The summed E-state index contributed by atoms with van der Waals surface area (Å²) in [6, 6.07) is 17.1. The first-order valence-corrected chi connectivity index (χ1v) is 10.7. The van der Waals surface area contributed by atoms with E-state index in [-0.39, 0.29) is 0 Å². The highest BCUT2D eigenvalue weighted by Gasteiger charge is 2.06. The third-order valence-electron chi connectivity index (χ3n) is 3.54. The van der Waals surface area contributed by atoms with Crippen molar-refractivity contribution >= 4 is 45.7 Å². The first-order chi connectivity index (χ1) is 11.8. The molecule has 3 nitrogen and oxygen atoms in total. The lowest BCUT2D eigenvalue weighted by molar-refractivity contribution is 1.01. The van der Waals surface area contributed by atoms with Gasteiger partial charge in [-0.15, -0.1) is 22.0 Å². The van der Waals surface area contributed by atoms with Crippen LogP contribution in [0.1, 0.15) is 18.1 Å². The zero-order chi connectivity index (χ0) is 16.8. The Labute approximate surface area is 155 Å². The summed E-state index contributed by atoms with van der Waals surface area (Å²) in [5.74, 6) is 0.911. The predicted octanol–water partition coefficient (Wildman–Crippen LogP) is 5.86. The molecule has 0 aliphatic carbocycles. The van der Waals surface area contributed by atoms with Crippen molar-refractivity contribution in [3.63, 3.8) is 0 Å². The third-order valence-corrected chi connectivity index (χ3v) is 6.33. The van der Waals surface area contributed by atoms with E-state index < -0.39 is 0 Å². The fraction of sp³-hybridized carbons (Fsp3) is 0.222. The van der Waals surface area contributed by atoms with E-state index in [0.717, 1.165) is 27.3 Å². The third kappa shape index (κ3) is 4.75. The summed E-state index contributed by atoms with van der Waals surface area (Å²) in [5, 5.41) is 12.6. The van der Waals surface area contributed by atoms with Gasteiger partial charge in [0.05, 0.1) is 0 Å². The van der Waals surface area contributed by atoms with Crippen LogP contribution in [0.25, 0.3) is 0 Å². The van der Waals surface area contributed by atoms with Crippen LogP contribution in [0.4, 0.5) is 10.8 Å². The van der Waals surface area contributed by atoms with Gasteiger partial charge in [-0.25, -0.2) is 0 Å². The number of thioether (sulfide) groups is 2. The first kappa shape index (κ1) is 17.3. The molecule has 0 atom stereocenters. The van der Waals surface area contributed by atoms with Gasteiger partial charge in [0.1, 0.15) is 0 Å². The number of hydrogen-bond donors (Lipinski definition) is 1. The molecule has 0 bridgehead atoms. The van der Waals surface area contributed by atoms with Crippen LogP contribution in [0.2, 0.25) is 0 Å². The molecule has 0 aliphatic heterocycles. The maximum Gasteiger partial charge on any atom is 0.210 e. The molecule has 0 aliphatic rings. The molecule has 0 saturated heterocycles. The molecule has 3 rings (SSSR count). The second-order valence-electron chi connectivity index (χ2n) is 5.19. The van der Waals surface area contributed by atoms with E-state index in [2.05, 4.69) is 77.2 Å². The monoisotopic (exact) mass is 373 g/mol. The summed E-state index contributed by atoms with van der Waals surface area (Å²) in [5.41, 5.74) is 3.69. The molecule has 0 saturated carbocycles. The molecular weight excluding hydrogens is 354 g/mol. The Bertz CT molecular complexity index is 767. The molecular formula is C18H19N3S3. The highest BCUT2D eigenvalue weighted by Crippen LogP contribution is 2.30. The first-order valence-electron chi connectivity index (χ1n) is 7.72. The van der Waals surface area contributed by atoms with Crippen molar-refractivity contribution in [2.75, 3.05) is 11.6 Å². The van der Waals surface area contributed by atoms with Crippen LogP contribution in [-0.4, -0.2) is 16.5 Å². The lowest BCUT2D eigenvalue weighted by Gasteiger charge is -2.02. The van der Waals surface area contributed by atoms with Crippen molar-refractivity contribution in [3.8, 4) is 0 Å². The largest absolute Gasteiger partial charge is 0.330 e. The highest BCUT2D eigenvalue weighted by atomic mass is 32.2. The van der Waals surface area contributed by atoms with Gasteiger partial charge in [0.2, 0.25) is 5.13 Å². The van der Waals surface area contributed by atoms with Gasteiger partial charge < -0.3 is 5.32 Å². The van der Waals surface area contributed by atoms with Crippen LogP contribution in [0, 0.1) is 0 Å². The molecule has 0 radical (unpaired) electrons. The minimum absolute atomic E-state index is 0.833. The van der Waals surface area contributed by atoms with Crippen LogP contribution < -0.4 is 5.32 Å². The summed E-state index contributed by atoms with van der Waals surface area (Å²) < 4.78 is 0.983. The van der Waals surface area contributed by atoms with Gasteiger partial charge in [0.15, 0.2) is 4.34 Å². The normalized spacial score (nSPS) is 10.8. The van der Waals surface area contributed by atoms with Crippen LogP contribution in [-0.2, 0) is 12.2 Å². The number of nitrogens with one attached hydrogen (secondary N) is 1. The van der Waals surface area contributed by atoms with E-state index in [4.69, 9.17) is 0 Å². The molecule has 124 valence electrons. The van der Waals surface area contributed by atoms with Gasteiger partial charge in [-0.2, -0.15) is 0 Å². The Morgan fingerprint density at radius 1 is 0.958 bits per heavy atom. The Balaban J connectivity index is 1.56. The van der Waals surface area contributed by atoms with Gasteiger partial charge in [-0.05, 0) is 48.1 Å². The minimum Gasteiger partial charge on any atom is -0.330 e. The predicted molar refractivity (Wildman–Crippen MR) is 107 cm³/mol. The summed E-state index contributed by atoms with van der Waals surface area (Å²) in [7, 11) is 0. The van der Waals surface area contributed by atoms with Crippen LogP contribution in [0.5, 0.6) is 0 Å². The summed E-state index contributed by atoms with van der Waals surface area (Å²) in [6.45, 7) is 2.16. The molecule has 0 fully saturated rings. The molecule has 0 amide bonds. The second-order valence-corrected chi connectivity index (χ2v) is 8.26. The highest BCUT2D eigenvalue weighted by molar-refractivity contribution is 8.00. The number of nitrogens with zero attached hydrogens (tertiary/aromatic N) is 2. The molecule has 0 unspecified atom stereocenters. The Hall–Kier alpha value is -1.50. The van der Waals surface area contributed by atoms with Gasteiger partial charge >= 0.3 is 0 Å². The van der Waals surface area contributed by atoms with Crippen molar-refractivity contribution in [2.45, 2.75) is 28.3 Å². The fourth-order valence-corrected chi connectivity index (χ4v) is 4.27. The van der Waals surface area contributed by atoms with Crippen molar-refractivity contribution in [1.82, 2.24) is 10.2 Å². The van der Waals surface area contributed by atoms with Crippen molar-refractivity contribution < 1.29 is 0 Å². The molecule has 1 heterocycles. The lowest BCUT2D eigenvalue weighted by Crippen LogP contribution is -1.89. The van der Waals surface area contributed by atoms with Gasteiger partial charge in [0, 0.05) is 16.3 Å². The van der Waals surface area contributed by atoms with E-state index in [1.54, 1.807) is 34.9 Å². The second kappa shape index (κ2) is 8.55. The zero-order valence-corrected chi connectivity index (χ0v) is 16.1. The smallest absolute Gasteiger partial charge is 0.210 e. The lowest BCUT2D eigenvalue weighted by atomic mass is 10.1. The SMILES string of the molecule is CCc1ccc(Nc2nnc(SCc3ccc(SC)cc3)s2)cc1. The van der Waals surface area contributed by atoms with E-state index in [9.17, 15) is 0 Å². The molecule has 6 heteroatoms. The van der Waals surface area contributed by atoms with Crippen LogP contribution >= 0.6 is 34.9 Å². The van der Waals surface area contributed by atoms with Gasteiger partial charge in [-0.3, -0.25) is 0 Å². The standard InChI is InChI=1S/C18H19N3S3/c1-3-13-4-8-15(9-5-13)19-17-20-21-18(24-17)23-12-14-6-10-16(22-2)11-7-14/h4-11H,3,12H2,1-2H3,(H,19,20). The van der Waals surface area contributed by atoms with E-state index in [1.807, 2.05) is 0 Å². The van der Waals surface area contributed by atoms with Crippen molar-refractivity contribution in [2.24, 2.45) is 0 Å². The van der Waals surface area contributed by atoms with E-state index in [1.165, 1.54) is 16.0 Å². The summed E-state index contributed by atoms with van der Waals surface area (Å²) >= 11 is 5.08. The number of hydrogen-bond acceptors (Lipinski definition) is 6. The Kier molecular flexibility index (Phi) is 6.18. The maximum absolute atomic E-state index is 4.26. The average molecular weight is 374 g/mol. The molecule has 2 aromatic carbocycles. The van der Waals surface area contributed by atoms with Crippen molar-refractivity contribution in [1.29, 1.82) is 0 Å². The summed E-state index contributed by atoms with van der Waals surface area (Å²) in [4.78, 5) is 1.29. The fourth-order valence-electron chi connectivity index (χ4n) is 2.13. The molecule has 24 heavy (non-hydrogen) atoms. The van der Waals surface area contributed by atoms with Crippen molar-refractivity contribution in [3.05, 3.63) is 59.7 Å². The van der Waals surface area contributed by atoms with Crippen LogP contribution in [0.3, 0.4) is 0 Å². The molecule has 0 spiro atoms. The minimum atomic E-state index is 0.833. The molecule has 3 aromatic rings. The number of aryl methyl sites for hydroxylation is 1. The molecule has 1 aromatic heterocycles. The molecule has 1 N–H and O–H groups in total. The Morgan fingerprint density at radius 3 is 2.33 bits per heavy atom. The zero-order valence-electron chi connectivity index (χ0n) is 13.7. The van der Waals surface area contributed by atoms with Gasteiger partial charge in [-0.1, -0.05) is 54.3 Å². The number of rotatable bonds is 7. The topological polar surface area (TPSA) is 37.8 Å². The number of aromatic nitrogens is 2. The maximum atomic E-state index is 4.26. The van der Waals surface area contributed by atoms with E-state index >= 15 is 0 Å². The number of benzene rings is 2. The Morgan fingerprint density at radius 2 is 1.67 bits per heavy atom. The van der Waals surface area contributed by atoms with E-state index in [0.29, 0.717) is 0 Å². The van der Waals surface area contributed by atoms with Gasteiger partial charge in [0.25, 0.3) is 0 Å².